The van der Waals surface area contributed by atoms with Crippen LogP contribution in [0.25, 0.3) is 0 Å². The predicted octanol–water partition coefficient (Wildman–Crippen LogP) is 2.20. The minimum atomic E-state index is 0.0556. The average molecular weight is 192 g/mol. The lowest BCUT2D eigenvalue weighted by atomic mass is 9.82. The van der Waals surface area contributed by atoms with Crippen molar-refractivity contribution in [1.82, 2.24) is 4.98 Å². The van der Waals surface area contributed by atoms with Gasteiger partial charge in [-0.2, -0.15) is 0 Å². The van der Waals surface area contributed by atoms with Crippen molar-refractivity contribution in [2.24, 2.45) is 5.73 Å². The minimum absolute atomic E-state index is 0.0556. The van der Waals surface area contributed by atoms with Crippen LogP contribution in [-0.4, -0.2) is 4.98 Å². The van der Waals surface area contributed by atoms with Crippen molar-refractivity contribution in [3.8, 4) is 0 Å². The van der Waals surface area contributed by atoms with Crippen LogP contribution >= 0.6 is 11.3 Å². The molecule has 0 radical (unpaired) electrons. The summed E-state index contributed by atoms with van der Waals surface area (Å²) < 4.78 is 0. The lowest BCUT2D eigenvalue weighted by Crippen LogP contribution is -2.21. The second kappa shape index (κ2) is 3.00. The quantitative estimate of drug-likeness (QED) is 0.741. The third-order valence-electron chi connectivity index (χ3n) is 2.33. The molecule has 1 aromatic rings. The van der Waals surface area contributed by atoms with Gasteiger partial charge in [-0.15, -0.1) is 11.3 Å². The first kappa shape index (κ1) is 8.51. The standard InChI is InChI=1S/C10H12N2S/c1-10(9-6-12-7-13-9)4-2-3-8(11)5-10/h2-3,5-7H,4,11H2,1H3. The second-order valence-electron chi connectivity index (χ2n) is 3.53. The summed E-state index contributed by atoms with van der Waals surface area (Å²) in [7, 11) is 0. The second-order valence-corrected chi connectivity index (χ2v) is 4.42. The Hall–Kier alpha value is -1.09. The van der Waals surface area contributed by atoms with Crippen LogP contribution in [0.4, 0.5) is 0 Å². The lowest BCUT2D eigenvalue weighted by molar-refractivity contribution is 0.605. The van der Waals surface area contributed by atoms with Crippen molar-refractivity contribution in [1.29, 1.82) is 0 Å². The maximum atomic E-state index is 5.77. The van der Waals surface area contributed by atoms with E-state index in [1.54, 1.807) is 11.3 Å². The molecule has 1 heterocycles. The Balaban J connectivity index is 2.38. The Morgan fingerprint density at radius 3 is 3.08 bits per heavy atom. The fourth-order valence-corrected chi connectivity index (χ4v) is 2.35. The van der Waals surface area contributed by atoms with Crippen LogP contribution in [0.15, 0.2) is 35.6 Å². The Morgan fingerprint density at radius 1 is 1.62 bits per heavy atom. The molecule has 0 bridgehead atoms. The first-order valence-corrected chi connectivity index (χ1v) is 5.12. The van der Waals surface area contributed by atoms with Crippen molar-refractivity contribution in [2.45, 2.75) is 18.8 Å². The van der Waals surface area contributed by atoms with Gasteiger partial charge in [0.15, 0.2) is 0 Å². The highest BCUT2D eigenvalue weighted by Gasteiger charge is 2.26. The summed E-state index contributed by atoms with van der Waals surface area (Å²) in [6.45, 7) is 2.19. The highest BCUT2D eigenvalue weighted by atomic mass is 32.1. The van der Waals surface area contributed by atoms with E-state index < -0.39 is 0 Å². The summed E-state index contributed by atoms with van der Waals surface area (Å²) in [5.41, 5.74) is 8.54. The molecule has 1 atom stereocenters. The summed E-state index contributed by atoms with van der Waals surface area (Å²) >= 11 is 1.69. The Morgan fingerprint density at radius 2 is 2.46 bits per heavy atom. The highest BCUT2D eigenvalue weighted by Crippen LogP contribution is 2.34. The van der Waals surface area contributed by atoms with Crippen LogP contribution in [0, 0.1) is 0 Å². The van der Waals surface area contributed by atoms with Gasteiger partial charge in [-0.05, 0) is 18.6 Å². The Bertz CT molecular complexity index is 351. The molecule has 1 aromatic heterocycles. The van der Waals surface area contributed by atoms with Crippen LogP contribution in [0.3, 0.4) is 0 Å². The van der Waals surface area contributed by atoms with Gasteiger partial charge < -0.3 is 5.73 Å². The highest BCUT2D eigenvalue weighted by molar-refractivity contribution is 7.09. The van der Waals surface area contributed by atoms with Crippen LogP contribution in [0.5, 0.6) is 0 Å². The van der Waals surface area contributed by atoms with E-state index >= 15 is 0 Å². The fourth-order valence-electron chi connectivity index (χ4n) is 1.58. The molecule has 2 nitrogen and oxygen atoms in total. The molecule has 0 saturated heterocycles. The van der Waals surface area contributed by atoms with Gasteiger partial charge in [-0.3, -0.25) is 4.98 Å². The minimum Gasteiger partial charge on any atom is -0.399 e. The summed E-state index contributed by atoms with van der Waals surface area (Å²) in [5, 5.41) is 0. The molecular weight excluding hydrogens is 180 g/mol. The van der Waals surface area contributed by atoms with E-state index in [4.69, 9.17) is 5.73 Å². The maximum absolute atomic E-state index is 5.77. The fraction of sp³-hybridized carbons (Fsp3) is 0.300. The molecule has 13 heavy (non-hydrogen) atoms. The van der Waals surface area contributed by atoms with Gasteiger partial charge in [0.25, 0.3) is 0 Å². The molecule has 2 N–H and O–H groups in total. The number of thiazole rings is 1. The SMILES string of the molecule is CC1(c2cncs2)C=C(N)C=CC1. The van der Waals surface area contributed by atoms with E-state index in [0.717, 1.165) is 12.1 Å². The zero-order chi connectivity index (χ0) is 9.31. The molecule has 0 fully saturated rings. The zero-order valence-corrected chi connectivity index (χ0v) is 8.34. The molecule has 3 heteroatoms. The molecule has 1 aliphatic carbocycles. The zero-order valence-electron chi connectivity index (χ0n) is 7.53. The summed E-state index contributed by atoms with van der Waals surface area (Å²) in [6, 6.07) is 0. The van der Waals surface area contributed by atoms with Crippen molar-refractivity contribution in [3.63, 3.8) is 0 Å². The predicted molar refractivity (Wildman–Crippen MR) is 55.5 cm³/mol. The Labute approximate surface area is 81.8 Å². The van der Waals surface area contributed by atoms with E-state index in [2.05, 4.69) is 24.1 Å². The van der Waals surface area contributed by atoms with E-state index in [1.807, 2.05) is 17.8 Å². The van der Waals surface area contributed by atoms with Crippen LogP contribution in [0.2, 0.25) is 0 Å². The summed E-state index contributed by atoms with van der Waals surface area (Å²) in [6.07, 6.45) is 9.13. The third kappa shape index (κ3) is 1.52. The van der Waals surface area contributed by atoms with Gasteiger partial charge in [0.05, 0.1) is 5.51 Å². The molecule has 0 spiro atoms. The first-order chi connectivity index (χ1) is 6.21. The van der Waals surface area contributed by atoms with Crippen LogP contribution in [0.1, 0.15) is 18.2 Å². The van der Waals surface area contributed by atoms with Crippen molar-refractivity contribution in [2.75, 3.05) is 0 Å². The molecule has 0 aromatic carbocycles. The molecule has 68 valence electrons. The van der Waals surface area contributed by atoms with Crippen molar-refractivity contribution >= 4 is 11.3 Å². The van der Waals surface area contributed by atoms with E-state index in [0.29, 0.717) is 0 Å². The summed E-state index contributed by atoms with van der Waals surface area (Å²) in [5.74, 6) is 0. The van der Waals surface area contributed by atoms with E-state index in [-0.39, 0.29) is 5.41 Å². The number of hydrogen-bond donors (Lipinski definition) is 1. The van der Waals surface area contributed by atoms with Gasteiger partial charge in [0.1, 0.15) is 0 Å². The number of nitrogens with two attached hydrogens (primary N) is 1. The molecule has 1 aliphatic rings. The molecular formula is C10H12N2S. The monoisotopic (exact) mass is 192 g/mol. The molecule has 0 saturated carbocycles. The van der Waals surface area contributed by atoms with Gasteiger partial charge >= 0.3 is 0 Å². The topological polar surface area (TPSA) is 38.9 Å². The van der Waals surface area contributed by atoms with E-state index in [1.165, 1.54) is 4.88 Å². The number of rotatable bonds is 1. The van der Waals surface area contributed by atoms with Gasteiger partial charge in [0, 0.05) is 22.2 Å². The number of aromatic nitrogens is 1. The average Bonchev–Trinajstić information content (AvgIpc) is 2.55. The molecule has 1 unspecified atom stereocenters. The normalized spacial score (nSPS) is 27.3. The van der Waals surface area contributed by atoms with Crippen molar-refractivity contribution in [3.05, 3.63) is 40.5 Å². The van der Waals surface area contributed by atoms with Gasteiger partial charge in [-0.1, -0.05) is 13.0 Å². The number of allylic oxidation sites excluding steroid dienone is 3. The number of hydrogen-bond acceptors (Lipinski definition) is 3. The first-order valence-electron chi connectivity index (χ1n) is 4.24. The van der Waals surface area contributed by atoms with E-state index in [9.17, 15) is 0 Å². The largest absolute Gasteiger partial charge is 0.399 e. The maximum Gasteiger partial charge on any atom is 0.0794 e. The summed E-state index contributed by atoms with van der Waals surface area (Å²) in [4.78, 5) is 5.37. The van der Waals surface area contributed by atoms with Crippen LogP contribution < -0.4 is 5.73 Å². The molecule has 2 rings (SSSR count). The number of nitrogens with zero attached hydrogens (tertiary/aromatic N) is 1. The van der Waals surface area contributed by atoms with Crippen LogP contribution in [-0.2, 0) is 5.41 Å². The van der Waals surface area contributed by atoms with Gasteiger partial charge in [-0.25, -0.2) is 0 Å². The Kier molecular flexibility index (Phi) is 1.96. The smallest absolute Gasteiger partial charge is 0.0794 e. The molecule has 0 aliphatic heterocycles. The molecule has 0 amide bonds. The van der Waals surface area contributed by atoms with Crippen molar-refractivity contribution < 1.29 is 0 Å². The van der Waals surface area contributed by atoms with Gasteiger partial charge in [0.2, 0.25) is 0 Å². The lowest BCUT2D eigenvalue weighted by Gasteiger charge is -2.25. The third-order valence-corrected chi connectivity index (χ3v) is 3.39.